The third-order valence-electron chi connectivity index (χ3n) is 2.91. The van der Waals surface area contributed by atoms with Crippen LogP contribution in [0.4, 0.5) is 4.39 Å². The van der Waals surface area contributed by atoms with Crippen LogP contribution in [0.15, 0.2) is 18.2 Å². The van der Waals surface area contributed by atoms with Gasteiger partial charge in [-0.05, 0) is 31.5 Å². The van der Waals surface area contributed by atoms with Gasteiger partial charge in [0.25, 0.3) is 0 Å². The van der Waals surface area contributed by atoms with Crippen LogP contribution in [0.5, 0.6) is 5.75 Å². The van der Waals surface area contributed by atoms with Crippen LogP contribution in [-0.4, -0.2) is 31.1 Å². The van der Waals surface area contributed by atoms with Gasteiger partial charge in [-0.2, -0.15) is 0 Å². The fourth-order valence-electron chi connectivity index (χ4n) is 1.99. The Kier molecular flexibility index (Phi) is 3.59. The van der Waals surface area contributed by atoms with E-state index in [1.165, 1.54) is 25.1 Å². The molecule has 1 aromatic rings. The average molecular weight is 274 g/mol. The molecule has 1 heterocycles. The molecule has 0 aromatic heterocycles. The number of rotatable bonds is 3. The van der Waals surface area contributed by atoms with Crippen molar-refractivity contribution < 1.29 is 22.7 Å². The number of hydrogen-bond donors (Lipinski definition) is 1. The number of sulfone groups is 1. The molecule has 0 amide bonds. The Bertz CT molecular complexity index is 539. The molecular formula is C12H15FO4S. The van der Waals surface area contributed by atoms with Crippen molar-refractivity contribution in [2.24, 2.45) is 0 Å². The number of ether oxygens (including phenoxy) is 1. The highest BCUT2D eigenvalue weighted by Gasteiger charge is 2.30. The second kappa shape index (κ2) is 4.85. The molecular weight excluding hydrogens is 259 g/mol. The number of aliphatic hydroxyl groups excluding tert-OH is 1. The van der Waals surface area contributed by atoms with Gasteiger partial charge in [0.15, 0.2) is 9.84 Å². The summed E-state index contributed by atoms with van der Waals surface area (Å²) in [5, 5.41) is 9.54. The Morgan fingerprint density at radius 3 is 2.78 bits per heavy atom. The van der Waals surface area contributed by atoms with Crippen molar-refractivity contribution in [1.82, 2.24) is 0 Å². The van der Waals surface area contributed by atoms with E-state index < -0.39 is 27.9 Å². The van der Waals surface area contributed by atoms with Gasteiger partial charge in [0.05, 0.1) is 17.6 Å². The third kappa shape index (κ3) is 3.00. The maximum Gasteiger partial charge on any atom is 0.154 e. The average Bonchev–Trinajstić information content (AvgIpc) is 2.60. The summed E-state index contributed by atoms with van der Waals surface area (Å²) in [5.74, 6) is -0.0299. The molecule has 1 N–H and O–H groups in total. The zero-order chi connectivity index (χ0) is 13.3. The molecule has 2 unspecified atom stereocenters. The van der Waals surface area contributed by atoms with Crippen LogP contribution < -0.4 is 4.74 Å². The molecule has 0 saturated carbocycles. The van der Waals surface area contributed by atoms with Crippen molar-refractivity contribution in [2.75, 3.05) is 11.5 Å². The number of hydrogen-bond acceptors (Lipinski definition) is 4. The summed E-state index contributed by atoms with van der Waals surface area (Å²) in [4.78, 5) is 0. The van der Waals surface area contributed by atoms with E-state index in [1.54, 1.807) is 0 Å². The van der Waals surface area contributed by atoms with E-state index in [0.717, 1.165) is 0 Å². The molecule has 0 aliphatic carbocycles. The predicted molar refractivity (Wildman–Crippen MR) is 64.7 cm³/mol. The summed E-state index contributed by atoms with van der Waals surface area (Å²) in [6.45, 7) is 1.51. The van der Waals surface area contributed by atoms with Crippen molar-refractivity contribution in [1.29, 1.82) is 0 Å². The molecule has 4 nitrogen and oxygen atoms in total. The Hall–Kier alpha value is -1.14. The first-order valence-corrected chi connectivity index (χ1v) is 7.54. The van der Waals surface area contributed by atoms with E-state index in [4.69, 9.17) is 4.74 Å². The largest absolute Gasteiger partial charge is 0.489 e. The lowest BCUT2D eigenvalue weighted by atomic mass is 10.1. The van der Waals surface area contributed by atoms with Crippen molar-refractivity contribution in [3.05, 3.63) is 29.6 Å². The first kappa shape index (κ1) is 13.3. The van der Waals surface area contributed by atoms with E-state index in [2.05, 4.69) is 0 Å². The molecule has 2 rings (SSSR count). The Morgan fingerprint density at radius 1 is 1.50 bits per heavy atom. The van der Waals surface area contributed by atoms with Gasteiger partial charge in [0.1, 0.15) is 17.7 Å². The molecule has 1 aromatic carbocycles. The monoisotopic (exact) mass is 274 g/mol. The van der Waals surface area contributed by atoms with Crippen LogP contribution >= 0.6 is 0 Å². The summed E-state index contributed by atoms with van der Waals surface area (Å²) in [6, 6.07) is 3.84. The normalized spacial score (nSPS) is 23.8. The zero-order valence-corrected chi connectivity index (χ0v) is 10.8. The number of halogens is 1. The lowest BCUT2D eigenvalue weighted by Gasteiger charge is -2.17. The van der Waals surface area contributed by atoms with Crippen LogP contribution in [0.3, 0.4) is 0 Å². The van der Waals surface area contributed by atoms with E-state index in [-0.39, 0.29) is 11.5 Å². The summed E-state index contributed by atoms with van der Waals surface area (Å²) in [6.07, 6.45) is -0.856. The Balaban J connectivity index is 2.19. The second-order valence-electron chi connectivity index (χ2n) is 4.50. The van der Waals surface area contributed by atoms with E-state index in [9.17, 15) is 17.9 Å². The summed E-state index contributed by atoms with van der Waals surface area (Å²) in [7, 11) is -3.02. The summed E-state index contributed by atoms with van der Waals surface area (Å²) < 4.78 is 41.3. The van der Waals surface area contributed by atoms with Gasteiger partial charge < -0.3 is 9.84 Å². The molecule has 100 valence electrons. The molecule has 2 atom stereocenters. The highest BCUT2D eigenvalue weighted by atomic mass is 32.2. The smallest absolute Gasteiger partial charge is 0.154 e. The van der Waals surface area contributed by atoms with Gasteiger partial charge in [-0.1, -0.05) is 0 Å². The molecule has 0 bridgehead atoms. The maximum absolute atomic E-state index is 13.1. The minimum absolute atomic E-state index is 0.0242. The Morgan fingerprint density at radius 2 is 2.22 bits per heavy atom. The molecule has 0 radical (unpaired) electrons. The molecule has 1 aliphatic rings. The molecule has 0 spiro atoms. The summed E-state index contributed by atoms with van der Waals surface area (Å²) >= 11 is 0. The van der Waals surface area contributed by atoms with Gasteiger partial charge in [-0.3, -0.25) is 0 Å². The standard InChI is InChI=1S/C12H15FO4S/c1-8(14)11-6-9(13)2-3-12(11)17-10-4-5-18(15,16)7-10/h2-3,6,8,10,14H,4-5,7H2,1H3. The third-order valence-corrected chi connectivity index (χ3v) is 4.64. The van der Waals surface area contributed by atoms with Gasteiger partial charge in [-0.25, -0.2) is 12.8 Å². The van der Waals surface area contributed by atoms with Gasteiger partial charge in [0.2, 0.25) is 0 Å². The van der Waals surface area contributed by atoms with Gasteiger partial charge >= 0.3 is 0 Å². The van der Waals surface area contributed by atoms with Crippen LogP contribution in [-0.2, 0) is 9.84 Å². The minimum Gasteiger partial charge on any atom is -0.489 e. The van der Waals surface area contributed by atoms with Crippen molar-refractivity contribution in [2.45, 2.75) is 25.6 Å². The topological polar surface area (TPSA) is 63.6 Å². The number of benzene rings is 1. The van der Waals surface area contributed by atoms with Crippen LogP contribution in [0.2, 0.25) is 0 Å². The molecule has 1 aliphatic heterocycles. The van der Waals surface area contributed by atoms with Crippen molar-refractivity contribution >= 4 is 9.84 Å². The minimum atomic E-state index is -3.02. The Labute approximate surface area is 105 Å². The van der Waals surface area contributed by atoms with Crippen LogP contribution in [0.25, 0.3) is 0 Å². The fraction of sp³-hybridized carbons (Fsp3) is 0.500. The second-order valence-corrected chi connectivity index (χ2v) is 6.73. The van der Waals surface area contributed by atoms with Crippen molar-refractivity contribution in [3.63, 3.8) is 0 Å². The number of aliphatic hydroxyl groups is 1. The first-order valence-electron chi connectivity index (χ1n) is 5.72. The van der Waals surface area contributed by atoms with Crippen LogP contribution in [0, 0.1) is 5.82 Å². The fourth-order valence-corrected chi connectivity index (χ4v) is 3.58. The van der Waals surface area contributed by atoms with Crippen molar-refractivity contribution in [3.8, 4) is 5.75 Å². The lowest BCUT2D eigenvalue weighted by molar-refractivity contribution is 0.179. The molecule has 1 saturated heterocycles. The lowest BCUT2D eigenvalue weighted by Crippen LogP contribution is -2.18. The maximum atomic E-state index is 13.1. The molecule has 18 heavy (non-hydrogen) atoms. The van der Waals surface area contributed by atoms with Crippen LogP contribution in [0.1, 0.15) is 25.0 Å². The molecule has 6 heteroatoms. The predicted octanol–water partition coefficient (Wildman–Crippen LogP) is 1.44. The highest BCUT2D eigenvalue weighted by molar-refractivity contribution is 7.91. The highest BCUT2D eigenvalue weighted by Crippen LogP contribution is 2.28. The van der Waals surface area contributed by atoms with E-state index >= 15 is 0 Å². The quantitative estimate of drug-likeness (QED) is 0.906. The molecule has 1 fully saturated rings. The van der Waals surface area contributed by atoms with E-state index in [0.29, 0.717) is 17.7 Å². The summed E-state index contributed by atoms with van der Waals surface area (Å²) in [5.41, 5.74) is 0.333. The van der Waals surface area contributed by atoms with Gasteiger partial charge in [-0.15, -0.1) is 0 Å². The van der Waals surface area contributed by atoms with Gasteiger partial charge in [0, 0.05) is 5.56 Å². The van der Waals surface area contributed by atoms with E-state index in [1.807, 2.05) is 0 Å². The zero-order valence-electron chi connectivity index (χ0n) is 9.97. The SMILES string of the molecule is CC(O)c1cc(F)ccc1OC1CCS(=O)(=O)C1. The first-order chi connectivity index (χ1) is 8.37.